The fourth-order valence-corrected chi connectivity index (χ4v) is 1.04. The van der Waals surface area contributed by atoms with Crippen LogP contribution in [0.1, 0.15) is 25.2 Å². The molecule has 0 aliphatic rings. The third kappa shape index (κ3) is 1.66. The normalized spacial score (nSPS) is 15.1. The third-order valence-electron chi connectivity index (χ3n) is 1.82. The van der Waals surface area contributed by atoms with Crippen LogP contribution in [0.2, 0.25) is 0 Å². The maximum atomic E-state index is 9.55. The Morgan fingerprint density at radius 1 is 1.75 bits per heavy atom. The molecule has 12 heavy (non-hydrogen) atoms. The molecule has 0 aromatic carbocycles. The summed E-state index contributed by atoms with van der Waals surface area (Å²) in [6.07, 6.45) is 1.32. The van der Waals surface area contributed by atoms with Gasteiger partial charge >= 0.3 is 0 Å². The van der Waals surface area contributed by atoms with Gasteiger partial charge in [-0.25, -0.2) is 0 Å². The summed E-state index contributed by atoms with van der Waals surface area (Å²) in [6, 6.07) is 5.40. The Morgan fingerprint density at radius 2 is 2.50 bits per heavy atom. The van der Waals surface area contributed by atoms with Gasteiger partial charge in [0.05, 0.1) is 18.3 Å². The second-order valence-electron chi connectivity index (χ2n) is 2.60. The summed E-state index contributed by atoms with van der Waals surface area (Å²) in [5.74, 6) is 0.0829. The van der Waals surface area contributed by atoms with Gasteiger partial charge in [0, 0.05) is 0 Å². The van der Waals surface area contributed by atoms with Crippen molar-refractivity contribution in [1.29, 1.82) is 5.26 Å². The van der Waals surface area contributed by atoms with Gasteiger partial charge in [-0.15, -0.1) is 0 Å². The summed E-state index contributed by atoms with van der Waals surface area (Å²) in [4.78, 5) is 0. The fourth-order valence-electron chi connectivity index (χ4n) is 1.04. The van der Waals surface area contributed by atoms with E-state index in [2.05, 4.69) is 0 Å². The van der Waals surface area contributed by atoms with Gasteiger partial charge in [-0.3, -0.25) is 0 Å². The van der Waals surface area contributed by atoms with E-state index in [-0.39, 0.29) is 5.92 Å². The van der Waals surface area contributed by atoms with Crippen LogP contribution in [-0.4, -0.2) is 5.11 Å². The van der Waals surface area contributed by atoms with Crippen LogP contribution in [0.25, 0.3) is 0 Å². The van der Waals surface area contributed by atoms with Gasteiger partial charge in [0.25, 0.3) is 0 Å². The number of hydrogen-bond acceptors (Lipinski definition) is 3. The predicted molar refractivity (Wildman–Crippen MR) is 43.1 cm³/mol. The number of nitrogens with zero attached hydrogens (tertiary/aromatic N) is 1. The molecule has 0 fully saturated rings. The molecule has 1 heterocycles. The standard InChI is InChI=1S/C9H11NO2/c1-2-7(6-10)9(11)8-4-3-5-12-8/h3-5,7,9,11H,2H2,1H3/t7-,9-/m1/s1. The number of rotatable bonds is 3. The Labute approximate surface area is 71.2 Å². The van der Waals surface area contributed by atoms with Crippen LogP contribution in [0.15, 0.2) is 22.8 Å². The number of aliphatic hydroxyl groups is 1. The summed E-state index contributed by atoms with van der Waals surface area (Å²) in [5, 5.41) is 18.2. The van der Waals surface area contributed by atoms with E-state index in [1.807, 2.05) is 13.0 Å². The minimum absolute atomic E-state index is 0.379. The van der Waals surface area contributed by atoms with Crippen molar-refractivity contribution in [3.63, 3.8) is 0 Å². The van der Waals surface area contributed by atoms with E-state index in [1.54, 1.807) is 12.1 Å². The van der Waals surface area contributed by atoms with Gasteiger partial charge in [-0.05, 0) is 18.6 Å². The molecule has 0 spiro atoms. The quantitative estimate of drug-likeness (QED) is 0.743. The monoisotopic (exact) mass is 165 g/mol. The van der Waals surface area contributed by atoms with Gasteiger partial charge in [-0.1, -0.05) is 6.92 Å². The van der Waals surface area contributed by atoms with Crippen molar-refractivity contribution in [3.05, 3.63) is 24.2 Å². The first-order chi connectivity index (χ1) is 5.79. The Morgan fingerprint density at radius 3 is 2.92 bits per heavy atom. The molecule has 0 bridgehead atoms. The third-order valence-corrected chi connectivity index (χ3v) is 1.82. The highest BCUT2D eigenvalue weighted by Crippen LogP contribution is 2.23. The molecule has 64 valence electrons. The van der Waals surface area contributed by atoms with Crippen molar-refractivity contribution >= 4 is 0 Å². The van der Waals surface area contributed by atoms with Gasteiger partial charge in [0.1, 0.15) is 11.9 Å². The Bertz CT molecular complexity index is 261. The van der Waals surface area contributed by atoms with Crippen molar-refractivity contribution in [1.82, 2.24) is 0 Å². The zero-order valence-electron chi connectivity index (χ0n) is 6.90. The lowest BCUT2D eigenvalue weighted by Gasteiger charge is -2.11. The molecule has 3 nitrogen and oxygen atoms in total. The molecule has 0 saturated heterocycles. The highest BCUT2D eigenvalue weighted by atomic mass is 16.4. The molecular formula is C9H11NO2. The first-order valence-corrected chi connectivity index (χ1v) is 3.90. The minimum Gasteiger partial charge on any atom is -0.467 e. The van der Waals surface area contributed by atoms with Crippen molar-refractivity contribution in [2.75, 3.05) is 0 Å². The van der Waals surface area contributed by atoms with E-state index in [4.69, 9.17) is 9.68 Å². The molecule has 0 amide bonds. The molecule has 1 rings (SSSR count). The predicted octanol–water partition coefficient (Wildman–Crippen LogP) is 1.86. The van der Waals surface area contributed by atoms with E-state index >= 15 is 0 Å². The summed E-state index contributed by atoms with van der Waals surface area (Å²) in [5.41, 5.74) is 0. The molecular weight excluding hydrogens is 154 g/mol. The number of nitriles is 1. The average molecular weight is 165 g/mol. The van der Waals surface area contributed by atoms with Crippen LogP contribution < -0.4 is 0 Å². The zero-order valence-corrected chi connectivity index (χ0v) is 6.90. The van der Waals surface area contributed by atoms with Crippen LogP contribution in [0, 0.1) is 17.2 Å². The van der Waals surface area contributed by atoms with Gasteiger partial charge < -0.3 is 9.52 Å². The smallest absolute Gasteiger partial charge is 0.133 e. The highest BCUT2D eigenvalue weighted by Gasteiger charge is 2.20. The van der Waals surface area contributed by atoms with Crippen LogP contribution in [0.3, 0.4) is 0 Å². The van der Waals surface area contributed by atoms with Crippen molar-refractivity contribution in [2.24, 2.45) is 5.92 Å². The highest BCUT2D eigenvalue weighted by molar-refractivity contribution is 5.06. The van der Waals surface area contributed by atoms with Crippen molar-refractivity contribution < 1.29 is 9.52 Å². The van der Waals surface area contributed by atoms with Crippen LogP contribution in [0.4, 0.5) is 0 Å². The van der Waals surface area contributed by atoms with E-state index in [1.165, 1.54) is 6.26 Å². The van der Waals surface area contributed by atoms with Crippen LogP contribution in [-0.2, 0) is 0 Å². The fraction of sp³-hybridized carbons (Fsp3) is 0.444. The lowest BCUT2D eigenvalue weighted by molar-refractivity contribution is 0.108. The van der Waals surface area contributed by atoms with Crippen molar-refractivity contribution in [2.45, 2.75) is 19.4 Å². The maximum absolute atomic E-state index is 9.55. The summed E-state index contributed by atoms with van der Waals surface area (Å²) in [7, 11) is 0. The molecule has 0 aliphatic carbocycles. The molecule has 0 radical (unpaired) electrons. The molecule has 0 unspecified atom stereocenters. The second kappa shape index (κ2) is 3.93. The lowest BCUT2D eigenvalue weighted by atomic mass is 10.00. The first-order valence-electron chi connectivity index (χ1n) is 3.90. The Balaban J connectivity index is 2.71. The molecule has 1 aromatic rings. The van der Waals surface area contributed by atoms with E-state index < -0.39 is 6.10 Å². The van der Waals surface area contributed by atoms with Gasteiger partial charge in [-0.2, -0.15) is 5.26 Å². The van der Waals surface area contributed by atoms with E-state index in [9.17, 15) is 5.11 Å². The van der Waals surface area contributed by atoms with Gasteiger partial charge in [0.15, 0.2) is 0 Å². The van der Waals surface area contributed by atoms with Crippen LogP contribution >= 0.6 is 0 Å². The Kier molecular flexibility index (Phi) is 2.89. The molecule has 1 aromatic heterocycles. The van der Waals surface area contributed by atoms with E-state index in [0.29, 0.717) is 12.2 Å². The molecule has 3 heteroatoms. The number of hydrogen-bond donors (Lipinski definition) is 1. The Hall–Kier alpha value is -1.27. The topological polar surface area (TPSA) is 57.2 Å². The largest absolute Gasteiger partial charge is 0.467 e. The molecule has 0 aliphatic heterocycles. The van der Waals surface area contributed by atoms with Crippen LogP contribution in [0.5, 0.6) is 0 Å². The van der Waals surface area contributed by atoms with Gasteiger partial charge in [0.2, 0.25) is 0 Å². The molecule has 1 N–H and O–H groups in total. The minimum atomic E-state index is -0.796. The molecule has 0 saturated carbocycles. The lowest BCUT2D eigenvalue weighted by Crippen LogP contribution is -2.08. The average Bonchev–Trinajstić information content (AvgIpc) is 2.58. The first kappa shape index (κ1) is 8.82. The summed E-state index contributed by atoms with van der Waals surface area (Å²) >= 11 is 0. The van der Waals surface area contributed by atoms with Crippen molar-refractivity contribution in [3.8, 4) is 6.07 Å². The molecule has 2 atom stereocenters. The summed E-state index contributed by atoms with van der Waals surface area (Å²) < 4.78 is 4.98. The SMILES string of the molecule is CC[C@H](C#N)[C@@H](O)c1ccco1. The maximum Gasteiger partial charge on any atom is 0.133 e. The second-order valence-corrected chi connectivity index (χ2v) is 2.60. The van der Waals surface area contributed by atoms with E-state index in [0.717, 1.165) is 0 Å². The summed E-state index contributed by atoms with van der Waals surface area (Å²) in [6.45, 7) is 1.86. The number of aliphatic hydroxyl groups excluding tert-OH is 1. The zero-order chi connectivity index (χ0) is 8.97. The number of furan rings is 1.